The van der Waals surface area contributed by atoms with Gasteiger partial charge in [0.25, 0.3) is 0 Å². The van der Waals surface area contributed by atoms with E-state index in [0.717, 1.165) is 44.2 Å². The van der Waals surface area contributed by atoms with Crippen LogP contribution < -0.4 is 5.32 Å². The van der Waals surface area contributed by atoms with Gasteiger partial charge >= 0.3 is 0 Å². The third-order valence-electron chi connectivity index (χ3n) is 3.56. The van der Waals surface area contributed by atoms with E-state index in [-0.39, 0.29) is 18.4 Å². The number of hydrogen-bond acceptors (Lipinski definition) is 2. The van der Waals surface area contributed by atoms with E-state index in [1.807, 2.05) is 0 Å². The zero-order chi connectivity index (χ0) is 13.8. The van der Waals surface area contributed by atoms with Gasteiger partial charge in [-0.05, 0) is 30.0 Å². The third-order valence-corrected chi connectivity index (χ3v) is 3.56. The van der Waals surface area contributed by atoms with Gasteiger partial charge in [-0.25, -0.2) is 8.78 Å². The van der Waals surface area contributed by atoms with Crippen molar-refractivity contribution in [2.24, 2.45) is 5.92 Å². The molecule has 0 amide bonds. The van der Waals surface area contributed by atoms with Crippen molar-refractivity contribution in [3.8, 4) is 0 Å². The van der Waals surface area contributed by atoms with Gasteiger partial charge in [0, 0.05) is 38.3 Å². The molecule has 2 nitrogen and oxygen atoms in total. The number of halogens is 3. The van der Waals surface area contributed by atoms with Gasteiger partial charge in [0.15, 0.2) is 0 Å². The second kappa shape index (κ2) is 7.91. The third kappa shape index (κ3) is 4.69. The molecule has 1 aliphatic heterocycles. The molecule has 1 N–H and O–H groups in total. The molecule has 0 radical (unpaired) electrons. The summed E-state index contributed by atoms with van der Waals surface area (Å²) in [5.74, 6) is -0.482. The van der Waals surface area contributed by atoms with Gasteiger partial charge in [-0.3, -0.25) is 4.90 Å². The minimum absolute atomic E-state index is 0. The molecule has 114 valence electrons. The average Bonchev–Trinajstić information content (AvgIpc) is 2.35. The molecular formula is C15H23ClF2N2. The summed E-state index contributed by atoms with van der Waals surface area (Å²) in [6, 6.07) is 3.98. The Morgan fingerprint density at radius 1 is 1.10 bits per heavy atom. The van der Waals surface area contributed by atoms with Crippen LogP contribution >= 0.6 is 12.4 Å². The summed E-state index contributed by atoms with van der Waals surface area (Å²) in [6.07, 6.45) is 0.920. The summed E-state index contributed by atoms with van der Waals surface area (Å²) in [6.45, 7) is 8.01. The highest BCUT2D eigenvalue weighted by Gasteiger charge is 2.23. The molecule has 0 bridgehead atoms. The maximum atomic E-state index is 13.4. The van der Waals surface area contributed by atoms with Gasteiger partial charge in [0.2, 0.25) is 0 Å². The Hall–Kier alpha value is -0.710. The van der Waals surface area contributed by atoms with Crippen LogP contribution in [0.2, 0.25) is 0 Å². The number of hydrogen-bond donors (Lipinski definition) is 1. The number of piperazine rings is 1. The molecule has 2 rings (SSSR count). The van der Waals surface area contributed by atoms with Gasteiger partial charge in [-0.2, -0.15) is 0 Å². The average molecular weight is 305 g/mol. The molecular weight excluding hydrogens is 282 g/mol. The number of benzene rings is 1. The summed E-state index contributed by atoms with van der Waals surface area (Å²) in [7, 11) is 0. The monoisotopic (exact) mass is 304 g/mol. The second-order valence-corrected chi connectivity index (χ2v) is 5.63. The lowest BCUT2D eigenvalue weighted by molar-refractivity contribution is 0.153. The molecule has 0 aliphatic carbocycles. The molecule has 0 unspecified atom stereocenters. The summed E-state index contributed by atoms with van der Waals surface area (Å²) >= 11 is 0. The molecule has 20 heavy (non-hydrogen) atoms. The van der Waals surface area contributed by atoms with Crippen LogP contribution in [0.15, 0.2) is 18.2 Å². The van der Waals surface area contributed by atoms with Gasteiger partial charge in [0.1, 0.15) is 11.6 Å². The van der Waals surface area contributed by atoms with Crippen molar-refractivity contribution in [1.82, 2.24) is 10.2 Å². The molecule has 0 saturated carbocycles. The zero-order valence-electron chi connectivity index (χ0n) is 12.0. The van der Waals surface area contributed by atoms with Crippen LogP contribution in [0.3, 0.4) is 0 Å². The molecule has 1 saturated heterocycles. The molecule has 1 atom stereocenters. The lowest BCUT2D eigenvalue weighted by atomic mass is 9.95. The van der Waals surface area contributed by atoms with E-state index in [0.29, 0.717) is 5.92 Å². The van der Waals surface area contributed by atoms with Crippen molar-refractivity contribution in [1.29, 1.82) is 0 Å². The largest absolute Gasteiger partial charge is 0.314 e. The fourth-order valence-corrected chi connectivity index (χ4v) is 2.70. The van der Waals surface area contributed by atoms with Crippen LogP contribution in [-0.2, 0) is 0 Å². The van der Waals surface area contributed by atoms with Crippen LogP contribution in [-0.4, -0.2) is 31.1 Å². The summed E-state index contributed by atoms with van der Waals surface area (Å²) < 4.78 is 26.8. The highest BCUT2D eigenvalue weighted by molar-refractivity contribution is 5.85. The molecule has 1 aromatic rings. The van der Waals surface area contributed by atoms with Crippen LogP contribution in [0, 0.1) is 17.6 Å². The minimum atomic E-state index is -0.487. The Bertz CT molecular complexity index is 400. The van der Waals surface area contributed by atoms with Crippen molar-refractivity contribution in [2.45, 2.75) is 26.3 Å². The Kier molecular flexibility index (Phi) is 6.86. The number of nitrogens with zero attached hydrogens (tertiary/aromatic N) is 1. The van der Waals surface area contributed by atoms with Gasteiger partial charge in [-0.1, -0.05) is 13.8 Å². The zero-order valence-corrected chi connectivity index (χ0v) is 12.9. The van der Waals surface area contributed by atoms with E-state index >= 15 is 0 Å². The Morgan fingerprint density at radius 3 is 2.15 bits per heavy atom. The van der Waals surface area contributed by atoms with E-state index < -0.39 is 11.6 Å². The van der Waals surface area contributed by atoms with Crippen LogP contribution in [0.5, 0.6) is 0 Å². The quantitative estimate of drug-likeness (QED) is 0.917. The topological polar surface area (TPSA) is 15.3 Å². The summed E-state index contributed by atoms with van der Waals surface area (Å²) in [5, 5.41) is 3.31. The molecule has 1 fully saturated rings. The molecule has 1 aliphatic rings. The fourth-order valence-electron chi connectivity index (χ4n) is 2.70. The van der Waals surface area contributed by atoms with Crippen LogP contribution in [0.4, 0.5) is 8.78 Å². The Morgan fingerprint density at radius 2 is 1.65 bits per heavy atom. The predicted octanol–water partition coefficient (Wildman–Crippen LogP) is 3.38. The van der Waals surface area contributed by atoms with E-state index in [1.54, 1.807) is 0 Å². The van der Waals surface area contributed by atoms with Crippen molar-refractivity contribution in [3.05, 3.63) is 35.4 Å². The van der Waals surface area contributed by atoms with Crippen molar-refractivity contribution in [2.75, 3.05) is 26.2 Å². The van der Waals surface area contributed by atoms with E-state index in [4.69, 9.17) is 0 Å². The maximum absolute atomic E-state index is 13.4. The molecule has 1 aromatic carbocycles. The second-order valence-electron chi connectivity index (χ2n) is 5.63. The van der Waals surface area contributed by atoms with Gasteiger partial charge in [0.05, 0.1) is 0 Å². The molecule has 5 heteroatoms. The first kappa shape index (κ1) is 17.3. The summed E-state index contributed by atoms with van der Waals surface area (Å²) in [4.78, 5) is 2.32. The Balaban J connectivity index is 0.00000200. The minimum Gasteiger partial charge on any atom is -0.314 e. The highest BCUT2D eigenvalue weighted by atomic mass is 35.5. The Labute approximate surface area is 126 Å². The van der Waals surface area contributed by atoms with E-state index in [2.05, 4.69) is 24.1 Å². The standard InChI is InChI=1S/C15H22F2N2.ClH/c1-11(2)7-15(19-5-3-18-4-6-19)12-8-13(16)10-14(17)9-12;/h8-11,15,18H,3-7H2,1-2H3;1H/t15-;/m0./s1. The van der Waals surface area contributed by atoms with Crippen LogP contribution in [0.25, 0.3) is 0 Å². The first-order valence-electron chi connectivity index (χ1n) is 6.97. The molecule has 0 spiro atoms. The fraction of sp³-hybridized carbons (Fsp3) is 0.600. The lowest BCUT2D eigenvalue weighted by Gasteiger charge is -2.36. The molecule has 1 heterocycles. The van der Waals surface area contributed by atoms with E-state index in [9.17, 15) is 8.78 Å². The highest BCUT2D eigenvalue weighted by Crippen LogP contribution is 2.29. The normalized spacial score (nSPS) is 17.9. The first-order chi connectivity index (χ1) is 9.06. The molecule has 0 aromatic heterocycles. The summed E-state index contributed by atoms with van der Waals surface area (Å²) in [5.41, 5.74) is 0.758. The SMILES string of the molecule is CC(C)C[C@@H](c1cc(F)cc(F)c1)N1CCNCC1.Cl. The number of rotatable bonds is 4. The smallest absolute Gasteiger partial charge is 0.126 e. The van der Waals surface area contributed by atoms with Crippen molar-refractivity contribution in [3.63, 3.8) is 0 Å². The van der Waals surface area contributed by atoms with Gasteiger partial charge in [-0.15, -0.1) is 12.4 Å². The van der Waals surface area contributed by atoms with E-state index in [1.165, 1.54) is 12.1 Å². The van der Waals surface area contributed by atoms with Gasteiger partial charge < -0.3 is 5.32 Å². The maximum Gasteiger partial charge on any atom is 0.126 e. The number of nitrogens with one attached hydrogen (secondary N) is 1. The first-order valence-corrected chi connectivity index (χ1v) is 6.97. The predicted molar refractivity (Wildman–Crippen MR) is 80.2 cm³/mol. The lowest BCUT2D eigenvalue weighted by Crippen LogP contribution is -2.45. The van der Waals surface area contributed by atoms with Crippen molar-refractivity contribution >= 4 is 12.4 Å². The van der Waals surface area contributed by atoms with Crippen LogP contribution in [0.1, 0.15) is 31.9 Å². The van der Waals surface area contributed by atoms with Crippen molar-refractivity contribution < 1.29 is 8.78 Å².